The molecule has 0 aliphatic carbocycles. The molecule has 0 spiro atoms. The molecule has 0 radical (unpaired) electrons. The fraction of sp³-hybridized carbons (Fsp3) is 0.588. The highest BCUT2D eigenvalue weighted by Crippen LogP contribution is 2.25. The third-order valence-corrected chi connectivity index (χ3v) is 4.69. The standard InChI is InChI=1S/C17H25N5O2/c1-12-14(10-18-21(12)4)16-9-15(19-24-16)17(23)22-8-6-5-7-13(22)11-20(2)3/h9-10,13H,5-8,11H2,1-4H3/t13-/m0/s1. The van der Waals surface area contributed by atoms with E-state index in [4.69, 9.17) is 4.52 Å². The maximum atomic E-state index is 12.9. The lowest BCUT2D eigenvalue weighted by Gasteiger charge is -2.36. The lowest BCUT2D eigenvalue weighted by atomic mass is 10.0. The van der Waals surface area contributed by atoms with Crippen LogP contribution in [0.3, 0.4) is 0 Å². The van der Waals surface area contributed by atoms with Crippen LogP contribution >= 0.6 is 0 Å². The van der Waals surface area contributed by atoms with Crippen LogP contribution < -0.4 is 0 Å². The van der Waals surface area contributed by atoms with E-state index < -0.39 is 0 Å². The largest absolute Gasteiger partial charge is 0.355 e. The number of rotatable bonds is 4. The Morgan fingerprint density at radius 3 is 2.88 bits per heavy atom. The number of carbonyl (C=O) groups is 1. The van der Waals surface area contributed by atoms with Crippen molar-refractivity contribution in [3.63, 3.8) is 0 Å². The summed E-state index contributed by atoms with van der Waals surface area (Å²) in [5.74, 6) is 0.545. The molecule has 2 aromatic rings. The molecule has 2 aromatic heterocycles. The number of likely N-dealkylation sites (N-methyl/N-ethyl adjacent to an activating group) is 1. The summed E-state index contributed by atoms with van der Waals surface area (Å²) in [6, 6.07) is 1.97. The number of hydrogen-bond acceptors (Lipinski definition) is 5. The maximum absolute atomic E-state index is 12.9. The average Bonchev–Trinajstić information content (AvgIpc) is 3.15. The fourth-order valence-electron chi connectivity index (χ4n) is 3.27. The number of aryl methyl sites for hydroxylation is 1. The van der Waals surface area contributed by atoms with Crippen molar-refractivity contribution in [3.05, 3.63) is 23.7 Å². The van der Waals surface area contributed by atoms with Gasteiger partial charge < -0.3 is 14.3 Å². The van der Waals surface area contributed by atoms with Crippen LogP contribution in [-0.2, 0) is 7.05 Å². The summed E-state index contributed by atoms with van der Waals surface area (Å²) >= 11 is 0. The normalized spacial score (nSPS) is 18.4. The lowest BCUT2D eigenvalue weighted by molar-refractivity contribution is 0.0564. The summed E-state index contributed by atoms with van der Waals surface area (Å²) in [6.07, 6.45) is 4.99. The van der Waals surface area contributed by atoms with E-state index in [1.165, 1.54) is 6.42 Å². The number of likely N-dealkylation sites (tertiary alicyclic amines) is 1. The average molecular weight is 331 g/mol. The number of amides is 1. The molecule has 130 valence electrons. The number of nitrogens with zero attached hydrogens (tertiary/aromatic N) is 5. The molecule has 1 amide bonds. The molecular weight excluding hydrogens is 306 g/mol. The van der Waals surface area contributed by atoms with E-state index in [2.05, 4.69) is 15.2 Å². The Balaban J connectivity index is 1.81. The molecule has 0 bridgehead atoms. The van der Waals surface area contributed by atoms with Crippen LogP contribution in [0.2, 0.25) is 0 Å². The Hall–Kier alpha value is -2.15. The van der Waals surface area contributed by atoms with Crippen LogP contribution in [0, 0.1) is 6.92 Å². The number of hydrogen-bond donors (Lipinski definition) is 0. The summed E-state index contributed by atoms with van der Waals surface area (Å²) in [5.41, 5.74) is 2.22. The van der Waals surface area contributed by atoms with E-state index in [9.17, 15) is 4.79 Å². The van der Waals surface area contributed by atoms with Gasteiger partial charge in [0, 0.05) is 37.9 Å². The van der Waals surface area contributed by atoms with Gasteiger partial charge in [-0.25, -0.2) is 0 Å². The van der Waals surface area contributed by atoms with Crippen molar-refractivity contribution in [1.82, 2.24) is 24.7 Å². The minimum absolute atomic E-state index is 0.0434. The quantitative estimate of drug-likeness (QED) is 0.856. The van der Waals surface area contributed by atoms with E-state index in [0.717, 1.165) is 37.2 Å². The molecule has 3 heterocycles. The zero-order chi connectivity index (χ0) is 17.3. The molecule has 0 unspecified atom stereocenters. The molecule has 7 heteroatoms. The van der Waals surface area contributed by atoms with Gasteiger partial charge in [0.15, 0.2) is 11.5 Å². The highest BCUT2D eigenvalue weighted by atomic mass is 16.5. The smallest absolute Gasteiger partial charge is 0.276 e. The molecule has 24 heavy (non-hydrogen) atoms. The SMILES string of the molecule is Cc1c(-c2cc(C(=O)N3CCCC[C@H]3CN(C)C)no2)cnn1C. The minimum Gasteiger partial charge on any atom is -0.355 e. The van der Waals surface area contributed by atoms with Gasteiger partial charge in [-0.1, -0.05) is 5.16 Å². The van der Waals surface area contributed by atoms with E-state index >= 15 is 0 Å². The maximum Gasteiger partial charge on any atom is 0.276 e. The van der Waals surface area contributed by atoms with Crippen LogP contribution in [0.25, 0.3) is 11.3 Å². The van der Waals surface area contributed by atoms with Gasteiger partial charge in [-0.05, 0) is 40.3 Å². The van der Waals surface area contributed by atoms with Gasteiger partial charge in [-0.3, -0.25) is 9.48 Å². The van der Waals surface area contributed by atoms with Crippen molar-refractivity contribution >= 4 is 5.91 Å². The van der Waals surface area contributed by atoms with Crippen LogP contribution in [0.1, 0.15) is 35.4 Å². The second-order valence-corrected chi connectivity index (χ2v) is 6.75. The molecular formula is C17H25N5O2. The van der Waals surface area contributed by atoms with Gasteiger partial charge in [0.1, 0.15) is 0 Å². The van der Waals surface area contributed by atoms with Crippen LogP contribution in [0.15, 0.2) is 16.8 Å². The third kappa shape index (κ3) is 3.21. The Kier molecular flexibility index (Phi) is 4.71. The fourth-order valence-corrected chi connectivity index (χ4v) is 3.27. The number of aromatic nitrogens is 3. The van der Waals surface area contributed by atoms with Crippen LogP contribution in [-0.4, -0.2) is 63.9 Å². The second kappa shape index (κ2) is 6.76. The first-order valence-electron chi connectivity index (χ1n) is 8.38. The monoisotopic (exact) mass is 331 g/mol. The Bertz CT molecular complexity index is 718. The van der Waals surface area contributed by atoms with Crippen LogP contribution in [0.5, 0.6) is 0 Å². The first-order valence-corrected chi connectivity index (χ1v) is 8.38. The van der Waals surface area contributed by atoms with Gasteiger partial charge in [-0.2, -0.15) is 5.10 Å². The Morgan fingerprint density at radius 2 is 2.21 bits per heavy atom. The van der Waals surface area contributed by atoms with E-state index in [1.807, 2.05) is 33.0 Å². The molecule has 1 fully saturated rings. The van der Waals surface area contributed by atoms with Gasteiger partial charge in [0.2, 0.25) is 0 Å². The second-order valence-electron chi connectivity index (χ2n) is 6.75. The first-order chi connectivity index (χ1) is 11.5. The van der Waals surface area contributed by atoms with E-state index in [1.54, 1.807) is 16.9 Å². The van der Waals surface area contributed by atoms with Gasteiger partial charge in [0.25, 0.3) is 5.91 Å². The molecule has 1 atom stereocenters. The highest BCUT2D eigenvalue weighted by Gasteiger charge is 2.30. The first kappa shape index (κ1) is 16.7. The minimum atomic E-state index is -0.0434. The van der Waals surface area contributed by atoms with E-state index in [-0.39, 0.29) is 11.9 Å². The van der Waals surface area contributed by atoms with Crippen molar-refractivity contribution in [2.45, 2.75) is 32.2 Å². The van der Waals surface area contributed by atoms with Gasteiger partial charge >= 0.3 is 0 Å². The van der Waals surface area contributed by atoms with Crippen molar-refractivity contribution in [1.29, 1.82) is 0 Å². The zero-order valence-electron chi connectivity index (χ0n) is 14.8. The molecule has 3 rings (SSSR count). The van der Waals surface area contributed by atoms with Gasteiger partial charge in [-0.15, -0.1) is 0 Å². The topological polar surface area (TPSA) is 67.4 Å². The zero-order valence-corrected chi connectivity index (χ0v) is 14.8. The predicted molar refractivity (Wildman–Crippen MR) is 90.7 cm³/mol. The molecule has 1 aliphatic rings. The Labute approximate surface area is 142 Å². The summed E-state index contributed by atoms with van der Waals surface area (Å²) in [7, 11) is 5.95. The predicted octanol–water partition coefficient (Wildman–Crippen LogP) is 1.94. The Morgan fingerprint density at radius 1 is 1.42 bits per heavy atom. The number of piperidine rings is 1. The molecule has 0 aromatic carbocycles. The molecule has 1 aliphatic heterocycles. The van der Waals surface area contributed by atoms with Crippen LogP contribution in [0.4, 0.5) is 0 Å². The van der Waals surface area contributed by atoms with Crippen molar-refractivity contribution in [2.75, 3.05) is 27.2 Å². The lowest BCUT2D eigenvalue weighted by Crippen LogP contribution is -2.48. The summed E-state index contributed by atoms with van der Waals surface area (Å²) < 4.78 is 7.19. The summed E-state index contributed by atoms with van der Waals surface area (Å²) in [4.78, 5) is 17.0. The third-order valence-electron chi connectivity index (χ3n) is 4.69. The highest BCUT2D eigenvalue weighted by molar-refractivity contribution is 5.93. The number of carbonyl (C=O) groups excluding carboxylic acids is 1. The summed E-state index contributed by atoms with van der Waals surface area (Å²) in [5, 5.41) is 8.22. The molecule has 7 nitrogen and oxygen atoms in total. The molecule has 0 N–H and O–H groups in total. The summed E-state index contributed by atoms with van der Waals surface area (Å²) in [6.45, 7) is 3.62. The molecule has 0 saturated carbocycles. The van der Waals surface area contributed by atoms with Crippen molar-refractivity contribution in [3.8, 4) is 11.3 Å². The van der Waals surface area contributed by atoms with E-state index in [0.29, 0.717) is 11.5 Å². The van der Waals surface area contributed by atoms with Crippen molar-refractivity contribution in [2.24, 2.45) is 7.05 Å². The molecule has 1 saturated heterocycles. The van der Waals surface area contributed by atoms with Gasteiger partial charge in [0.05, 0.1) is 11.8 Å². The van der Waals surface area contributed by atoms with Crippen molar-refractivity contribution < 1.29 is 9.32 Å².